The zero-order chi connectivity index (χ0) is 5.54. The van der Waals surface area contributed by atoms with Gasteiger partial charge in [0.2, 0.25) is 0 Å². The maximum atomic E-state index is 3.61. The summed E-state index contributed by atoms with van der Waals surface area (Å²) in [5.41, 5.74) is 0. The van der Waals surface area contributed by atoms with Crippen LogP contribution < -0.4 is 0 Å². The van der Waals surface area contributed by atoms with Gasteiger partial charge in [-0.15, -0.1) is 0 Å². The van der Waals surface area contributed by atoms with Crippen molar-refractivity contribution in [3.8, 4) is 0 Å². The molecule has 0 saturated carbocycles. The Morgan fingerprint density at radius 2 is 1.57 bits per heavy atom. The first-order valence-electron chi connectivity index (χ1n) is 2.17. The number of rotatable bonds is 4. The molecule has 7 heavy (non-hydrogen) atoms. The van der Waals surface area contributed by atoms with Crippen molar-refractivity contribution >= 4 is 0 Å². The van der Waals surface area contributed by atoms with Crippen LogP contribution in [0.5, 0.6) is 0 Å². The van der Waals surface area contributed by atoms with E-state index in [4.69, 9.17) is 0 Å². The second-order valence-electron chi connectivity index (χ2n) is 1.07. The molecule has 0 bridgehead atoms. The molecule has 0 amide bonds. The molecule has 0 aromatic rings. The van der Waals surface area contributed by atoms with E-state index in [0.717, 1.165) is 25.6 Å². The second-order valence-corrected chi connectivity index (χ2v) is 2.63. The Hall–Kier alpha value is -0.000519. The van der Waals surface area contributed by atoms with Gasteiger partial charge in [-0.2, -0.15) is 0 Å². The van der Waals surface area contributed by atoms with Crippen molar-refractivity contribution in [1.29, 1.82) is 0 Å². The second kappa shape index (κ2) is 6.00. The van der Waals surface area contributed by atoms with Crippen LogP contribution in [0.2, 0.25) is 10.6 Å². The quantitative estimate of drug-likeness (QED) is 0.317. The molecule has 0 aliphatic carbocycles. The minimum absolute atomic E-state index is 0.970. The van der Waals surface area contributed by atoms with E-state index in [-0.39, 0.29) is 0 Å². The monoisotopic (exact) mass is 137 g/mol. The Morgan fingerprint density at radius 3 is 1.86 bits per heavy atom. The van der Waals surface area contributed by atoms with Crippen LogP contribution in [0.15, 0.2) is 25.3 Å². The number of hydrogen-bond acceptors (Lipinski definition) is 0. The first-order valence-corrected chi connectivity index (χ1v) is 3.84. The van der Waals surface area contributed by atoms with Crippen LogP contribution >= 0.6 is 0 Å². The predicted octanol–water partition coefficient (Wildman–Crippen LogP) is 2.28. The molecule has 0 spiro atoms. The van der Waals surface area contributed by atoms with Crippen molar-refractivity contribution in [2.45, 2.75) is 10.6 Å². The summed E-state index contributed by atoms with van der Waals surface area (Å²) in [6, 6.07) is 0. The number of allylic oxidation sites excluding steroid dienone is 2. The van der Waals surface area contributed by atoms with Gasteiger partial charge < -0.3 is 0 Å². The molecule has 0 aromatic heterocycles. The van der Waals surface area contributed by atoms with Crippen LogP contribution in [-0.2, 0) is 15.0 Å². The van der Waals surface area contributed by atoms with Crippen LogP contribution in [0.1, 0.15) is 0 Å². The summed E-state index contributed by atoms with van der Waals surface area (Å²) in [4.78, 5) is 0. The normalized spacial score (nSPS) is 8.00. The van der Waals surface area contributed by atoms with E-state index in [2.05, 4.69) is 13.2 Å². The van der Waals surface area contributed by atoms with Gasteiger partial charge in [0.15, 0.2) is 0 Å². The van der Waals surface area contributed by atoms with E-state index in [1.165, 1.54) is 0 Å². The van der Waals surface area contributed by atoms with E-state index in [0.29, 0.717) is 0 Å². The van der Waals surface area contributed by atoms with E-state index in [1.54, 1.807) is 0 Å². The molecule has 0 aromatic carbocycles. The van der Waals surface area contributed by atoms with Crippen molar-refractivity contribution in [3.63, 3.8) is 0 Å². The van der Waals surface area contributed by atoms with Gasteiger partial charge in [-0.05, 0) is 0 Å². The number of hydrogen-bond donors (Lipinski definition) is 0. The summed E-state index contributed by atoms with van der Waals surface area (Å²) in [6.07, 6.45) is 3.90. The first kappa shape index (κ1) is 7.00. The molecule has 41 valence electrons. The molecule has 0 atom stereocenters. The van der Waals surface area contributed by atoms with Gasteiger partial charge >= 0.3 is 50.9 Å². The summed E-state index contributed by atoms with van der Waals surface area (Å²) < 4.78 is 0. The van der Waals surface area contributed by atoms with Crippen molar-refractivity contribution in [2.75, 3.05) is 0 Å². The standard InChI is InChI=1S/2C3H5.Mn/c2*1-3-2;/h2*3H,1-2H2;. The SMILES string of the molecule is C=C[CH2][Mn][CH2]C=C. The fourth-order valence-corrected chi connectivity index (χ4v) is 0.896. The molecule has 0 aliphatic heterocycles. The summed E-state index contributed by atoms with van der Waals surface area (Å²) in [5.74, 6) is 0. The third-order valence-corrected chi connectivity index (χ3v) is 1.80. The molecule has 0 saturated heterocycles. The minimum atomic E-state index is 0.970. The maximum absolute atomic E-state index is 3.61. The van der Waals surface area contributed by atoms with Crippen LogP contribution in [-0.4, -0.2) is 0 Å². The van der Waals surface area contributed by atoms with Gasteiger partial charge in [0, 0.05) is 0 Å². The zero-order valence-electron chi connectivity index (χ0n) is 4.36. The van der Waals surface area contributed by atoms with Crippen LogP contribution in [0.3, 0.4) is 0 Å². The first-order chi connectivity index (χ1) is 3.41. The summed E-state index contributed by atoms with van der Waals surface area (Å²) in [6.45, 7) is 7.21. The molecular formula is C6H10Mn. The molecule has 0 aliphatic rings. The molecular weight excluding hydrogens is 127 g/mol. The van der Waals surface area contributed by atoms with E-state index in [9.17, 15) is 0 Å². The molecule has 0 fully saturated rings. The van der Waals surface area contributed by atoms with Crippen molar-refractivity contribution in [3.05, 3.63) is 25.3 Å². The molecule has 0 rings (SSSR count). The molecule has 0 unspecified atom stereocenters. The van der Waals surface area contributed by atoms with E-state index in [1.807, 2.05) is 12.2 Å². The average Bonchev–Trinajstić information content (AvgIpc) is 1.69. The van der Waals surface area contributed by atoms with Gasteiger partial charge in [0.05, 0.1) is 0 Å². The average molecular weight is 137 g/mol. The van der Waals surface area contributed by atoms with Crippen LogP contribution in [0.25, 0.3) is 0 Å². The predicted molar refractivity (Wildman–Crippen MR) is 30.0 cm³/mol. The van der Waals surface area contributed by atoms with Crippen LogP contribution in [0.4, 0.5) is 0 Å². The van der Waals surface area contributed by atoms with Gasteiger partial charge in [-0.25, -0.2) is 0 Å². The zero-order valence-corrected chi connectivity index (χ0v) is 5.54. The van der Waals surface area contributed by atoms with Crippen molar-refractivity contribution in [1.82, 2.24) is 0 Å². The topological polar surface area (TPSA) is 0 Å². The van der Waals surface area contributed by atoms with E-state index < -0.39 is 0 Å². The van der Waals surface area contributed by atoms with Crippen molar-refractivity contribution < 1.29 is 15.0 Å². The van der Waals surface area contributed by atoms with Gasteiger partial charge in [-0.3, -0.25) is 0 Å². The van der Waals surface area contributed by atoms with Crippen LogP contribution in [0, 0.1) is 0 Å². The van der Waals surface area contributed by atoms with Gasteiger partial charge in [0.25, 0.3) is 0 Å². The third-order valence-electron chi connectivity index (χ3n) is 0.436. The summed E-state index contributed by atoms with van der Waals surface area (Å²) in [7, 11) is 0. The van der Waals surface area contributed by atoms with Gasteiger partial charge in [0.1, 0.15) is 0 Å². The fraction of sp³-hybridized carbons (Fsp3) is 0.333. The molecule has 0 nitrogen and oxygen atoms in total. The Morgan fingerprint density at radius 1 is 1.14 bits per heavy atom. The Bertz CT molecular complexity index is 49.2. The van der Waals surface area contributed by atoms with Gasteiger partial charge in [-0.1, -0.05) is 0 Å². The molecule has 0 N–H and O–H groups in total. The molecule has 0 heterocycles. The third kappa shape index (κ3) is 6.00. The Kier molecular flexibility index (Phi) is 6.00. The Labute approximate surface area is 51.5 Å². The van der Waals surface area contributed by atoms with E-state index >= 15 is 0 Å². The molecule has 1 heteroatoms. The van der Waals surface area contributed by atoms with Crippen molar-refractivity contribution in [2.24, 2.45) is 0 Å². The Balaban J connectivity index is 2.68. The molecule has 0 radical (unpaired) electrons. The summed E-state index contributed by atoms with van der Waals surface area (Å²) >= 11 is 0.970. The summed E-state index contributed by atoms with van der Waals surface area (Å²) in [5, 5.41) is 2.30. The fourth-order valence-electron chi connectivity index (χ4n) is 0.217.